The Kier molecular flexibility index (Phi) is 8.58. The number of rotatable bonds is 9. The maximum atomic E-state index is 13.1. The number of hydrogen-bond acceptors (Lipinski definition) is 8. The van der Waals surface area contributed by atoms with Crippen molar-refractivity contribution in [3.05, 3.63) is 120 Å². The van der Waals surface area contributed by atoms with E-state index in [2.05, 4.69) is 0 Å². The van der Waals surface area contributed by atoms with Crippen molar-refractivity contribution < 1.29 is 38.1 Å². The lowest BCUT2D eigenvalue weighted by molar-refractivity contribution is -0.166. The Morgan fingerprint density at radius 3 is 1.68 bits per heavy atom. The number of amides is 3. The molecule has 210 valence electrons. The smallest absolute Gasteiger partial charge is 0.419 e. The fraction of sp³-hybridized carbons (Fsp3) is 0.226. The third-order valence-electron chi connectivity index (χ3n) is 6.54. The minimum absolute atomic E-state index is 0.0138. The lowest BCUT2D eigenvalue weighted by Gasteiger charge is -2.33. The summed E-state index contributed by atoms with van der Waals surface area (Å²) in [5.74, 6) is -0.836. The fourth-order valence-corrected chi connectivity index (χ4v) is 4.37. The highest BCUT2D eigenvalue weighted by molar-refractivity contribution is 5.92. The first-order valence-electron chi connectivity index (χ1n) is 13.1. The van der Waals surface area contributed by atoms with Gasteiger partial charge in [-0.2, -0.15) is 0 Å². The van der Waals surface area contributed by atoms with Gasteiger partial charge < -0.3 is 18.9 Å². The van der Waals surface area contributed by atoms with Crippen molar-refractivity contribution in [2.75, 3.05) is 6.54 Å². The number of ether oxygens (including phenoxy) is 4. The molecule has 10 heteroatoms. The molecule has 3 aromatic carbocycles. The molecule has 2 aliphatic rings. The van der Waals surface area contributed by atoms with Gasteiger partial charge in [-0.3, -0.25) is 9.69 Å². The molecule has 3 aromatic rings. The second kappa shape index (κ2) is 12.8. The van der Waals surface area contributed by atoms with Crippen LogP contribution >= 0.6 is 0 Å². The molecule has 2 saturated heterocycles. The van der Waals surface area contributed by atoms with Crippen molar-refractivity contribution in [1.29, 1.82) is 0 Å². The number of carbonyl (C=O) groups is 4. The summed E-state index contributed by atoms with van der Waals surface area (Å²) in [5.41, 5.74) is 2.25. The standard InChI is InChI=1S/C31H28N2O8/c34-26-18-27-33(26)28(29(35)38-19-22-10-4-1-5-11-22)25(41-27)16-17-32(30(36)39-20-23-12-6-2-7-13-23)31(37)40-21-24-14-8-3-9-15-24/h1-16,27-28H,17-21H2/b25-16-/t27-,28-/m1/s1. The van der Waals surface area contributed by atoms with Crippen LogP contribution < -0.4 is 0 Å². The van der Waals surface area contributed by atoms with Crippen molar-refractivity contribution in [2.45, 2.75) is 38.5 Å². The zero-order valence-corrected chi connectivity index (χ0v) is 22.1. The van der Waals surface area contributed by atoms with Crippen LogP contribution in [-0.4, -0.2) is 52.7 Å². The molecule has 5 rings (SSSR count). The van der Waals surface area contributed by atoms with Crippen LogP contribution in [0.1, 0.15) is 23.1 Å². The van der Waals surface area contributed by atoms with Gasteiger partial charge in [-0.25, -0.2) is 19.3 Å². The zero-order valence-electron chi connectivity index (χ0n) is 22.1. The van der Waals surface area contributed by atoms with Crippen LogP contribution in [-0.2, 0) is 48.4 Å². The summed E-state index contributed by atoms with van der Waals surface area (Å²) >= 11 is 0. The molecule has 0 aliphatic carbocycles. The molecule has 0 bridgehead atoms. The molecule has 41 heavy (non-hydrogen) atoms. The van der Waals surface area contributed by atoms with E-state index in [-0.39, 0.29) is 44.5 Å². The van der Waals surface area contributed by atoms with Gasteiger partial charge in [0.15, 0.2) is 12.3 Å². The van der Waals surface area contributed by atoms with E-state index >= 15 is 0 Å². The Morgan fingerprint density at radius 1 is 0.756 bits per heavy atom. The number of esters is 1. The average molecular weight is 557 g/mol. The Labute approximate surface area is 236 Å². The molecule has 2 heterocycles. The van der Waals surface area contributed by atoms with E-state index in [9.17, 15) is 19.2 Å². The highest BCUT2D eigenvalue weighted by Gasteiger charge is 2.54. The van der Waals surface area contributed by atoms with Crippen LogP contribution in [0.5, 0.6) is 0 Å². The number of imide groups is 1. The first-order valence-corrected chi connectivity index (χ1v) is 13.1. The van der Waals surface area contributed by atoms with Gasteiger partial charge in [-0.1, -0.05) is 91.0 Å². The second-order valence-electron chi connectivity index (χ2n) is 9.37. The monoisotopic (exact) mass is 556 g/mol. The van der Waals surface area contributed by atoms with Crippen molar-refractivity contribution in [2.24, 2.45) is 0 Å². The zero-order chi connectivity index (χ0) is 28.6. The van der Waals surface area contributed by atoms with Crippen LogP contribution in [0.3, 0.4) is 0 Å². The predicted molar refractivity (Wildman–Crippen MR) is 144 cm³/mol. The van der Waals surface area contributed by atoms with Gasteiger partial charge in [0.2, 0.25) is 5.91 Å². The molecule has 2 aliphatic heterocycles. The molecule has 0 saturated carbocycles. The third kappa shape index (κ3) is 6.73. The van der Waals surface area contributed by atoms with E-state index in [1.165, 1.54) is 11.0 Å². The highest BCUT2D eigenvalue weighted by Crippen LogP contribution is 2.37. The summed E-state index contributed by atoms with van der Waals surface area (Å²) in [4.78, 5) is 53.5. The van der Waals surface area contributed by atoms with Crippen LogP contribution in [0.15, 0.2) is 103 Å². The van der Waals surface area contributed by atoms with Crippen molar-refractivity contribution in [3.63, 3.8) is 0 Å². The molecular formula is C31H28N2O8. The quantitative estimate of drug-likeness (QED) is 0.215. The number of fused-ring (bicyclic) bond motifs is 1. The molecule has 0 unspecified atom stereocenters. The van der Waals surface area contributed by atoms with Crippen molar-refractivity contribution >= 4 is 24.1 Å². The van der Waals surface area contributed by atoms with Gasteiger partial charge in [-0.15, -0.1) is 0 Å². The van der Waals surface area contributed by atoms with Gasteiger partial charge in [0.25, 0.3) is 0 Å². The van der Waals surface area contributed by atoms with Gasteiger partial charge in [-0.05, 0) is 22.8 Å². The lowest BCUT2D eigenvalue weighted by Crippen LogP contribution is -2.55. The van der Waals surface area contributed by atoms with Gasteiger partial charge in [0, 0.05) is 0 Å². The van der Waals surface area contributed by atoms with E-state index in [0.29, 0.717) is 0 Å². The number of carbonyl (C=O) groups excluding carboxylic acids is 4. The Balaban J connectivity index is 1.30. The van der Waals surface area contributed by atoms with Crippen LogP contribution in [0.25, 0.3) is 0 Å². The molecule has 0 aromatic heterocycles. The molecule has 0 N–H and O–H groups in total. The molecule has 3 amide bonds. The van der Waals surface area contributed by atoms with E-state index in [1.54, 1.807) is 48.5 Å². The first kappa shape index (κ1) is 27.4. The normalized spacial score (nSPS) is 18.1. The molecule has 2 atom stereocenters. The summed E-state index contributed by atoms with van der Waals surface area (Å²) in [6.07, 6.45) is -0.991. The summed E-state index contributed by atoms with van der Waals surface area (Å²) < 4.78 is 22.0. The number of nitrogens with zero attached hydrogens (tertiary/aromatic N) is 2. The van der Waals surface area contributed by atoms with Crippen LogP contribution in [0, 0.1) is 0 Å². The molecule has 2 fully saturated rings. The molecular weight excluding hydrogens is 528 g/mol. The Morgan fingerprint density at radius 2 is 1.22 bits per heavy atom. The summed E-state index contributed by atoms with van der Waals surface area (Å²) in [5, 5.41) is 0. The van der Waals surface area contributed by atoms with E-state index in [0.717, 1.165) is 21.6 Å². The van der Waals surface area contributed by atoms with Crippen molar-refractivity contribution in [1.82, 2.24) is 9.80 Å². The number of hydrogen-bond donors (Lipinski definition) is 0. The minimum atomic E-state index is -1.13. The fourth-order valence-electron chi connectivity index (χ4n) is 4.37. The lowest BCUT2D eigenvalue weighted by atomic mass is 10.1. The molecule has 0 spiro atoms. The number of β-lactam (4-membered cyclic amide) rings is 1. The molecule has 10 nitrogen and oxygen atoms in total. The maximum absolute atomic E-state index is 13.1. The molecule has 0 radical (unpaired) electrons. The van der Waals surface area contributed by atoms with E-state index in [4.69, 9.17) is 18.9 Å². The maximum Gasteiger partial charge on any atom is 0.419 e. The van der Waals surface area contributed by atoms with E-state index in [1.807, 2.05) is 42.5 Å². The summed E-state index contributed by atoms with van der Waals surface area (Å²) in [6, 6.07) is 26.0. The Hall–Kier alpha value is -5.12. The Bertz CT molecular complexity index is 1360. The first-order chi connectivity index (χ1) is 20.0. The summed E-state index contributed by atoms with van der Waals surface area (Å²) in [6.45, 7) is -0.435. The van der Waals surface area contributed by atoms with Crippen molar-refractivity contribution in [3.8, 4) is 0 Å². The van der Waals surface area contributed by atoms with Gasteiger partial charge in [0.05, 0.1) is 13.0 Å². The summed E-state index contributed by atoms with van der Waals surface area (Å²) in [7, 11) is 0. The second-order valence-corrected chi connectivity index (χ2v) is 9.37. The topological polar surface area (TPSA) is 112 Å². The largest absolute Gasteiger partial charge is 0.472 e. The van der Waals surface area contributed by atoms with Crippen LogP contribution in [0.4, 0.5) is 9.59 Å². The van der Waals surface area contributed by atoms with E-state index < -0.39 is 30.4 Å². The third-order valence-corrected chi connectivity index (χ3v) is 6.54. The highest BCUT2D eigenvalue weighted by atomic mass is 16.6. The SMILES string of the molecule is O=C(OCc1ccccc1)[C@H]1/C(=C/CN(C(=O)OCc2ccccc2)C(=O)OCc2ccccc2)O[C@@H]2CC(=O)N21. The predicted octanol–water partition coefficient (Wildman–Crippen LogP) is 4.55. The van der Waals surface area contributed by atoms with Gasteiger partial charge in [0.1, 0.15) is 25.6 Å². The van der Waals surface area contributed by atoms with Gasteiger partial charge >= 0.3 is 18.2 Å². The number of benzene rings is 3. The average Bonchev–Trinajstić information content (AvgIpc) is 3.31. The van der Waals surface area contributed by atoms with Crippen LogP contribution in [0.2, 0.25) is 0 Å². The minimum Gasteiger partial charge on any atom is -0.472 e.